The summed E-state index contributed by atoms with van der Waals surface area (Å²) in [7, 11) is 1.75. The van der Waals surface area contributed by atoms with E-state index in [-0.39, 0.29) is 5.91 Å². The number of carbonyl (C=O) groups is 1. The van der Waals surface area contributed by atoms with Gasteiger partial charge in [0.05, 0.1) is 25.9 Å². The number of hydrogen-bond donors (Lipinski definition) is 1. The maximum absolute atomic E-state index is 12.1. The number of amides is 1. The molecule has 0 saturated carbocycles. The molecule has 1 unspecified atom stereocenters. The zero-order chi connectivity index (χ0) is 21.3. The number of piperazine rings is 1. The van der Waals surface area contributed by atoms with Gasteiger partial charge in [-0.3, -0.25) is 14.6 Å². The first kappa shape index (κ1) is 22.4. The lowest BCUT2D eigenvalue weighted by Gasteiger charge is -2.34. The van der Waals surface area contributed by atoms with Crippen LogP contribution in [0.4, 0.5) is 0 Å². The van der Waals surface area contributed by atoms with Crippen LogP contribution in [0, 0.1) is 0 Å². The van der Waals surface area contributed by atoms with Gasteiger partial charge in [0.1, 0.15) is 6.26 Å². The van der Waals surface area contributed by atoms with E-state index in [9.17, 15) is 9.90 Å². The highest BCUT2D eigenvalue weighted by Crippen LogP contribution is 2.11. The van der Waals surface area contributed by atoms with Gasteiger partial charge >= 0.3 is 0 Å². The van der Waals surface area contributed by atoms with Crippen molar-refractivity contribution in [3.63, 3.8) is 0 Å². The molecular formula is C22H32N4O4. The standard InChI is InChI=1S/C22H32N4O4/c1-3-24(2)22(28)20-17-30-21(23-20)14-26-11-9-25(10-12-26)13-19(27)16-29-15-18-7-5-4-6-8-18/h4-8,17,19,27H,3,9-16H2,1-2H3. The lowest BCUT2D eigenvalue weighted by molar-refractivity contribution is 0.000371. The molecular weight excluding hydrogens is 384 g/mol. The topological polar surface area (TPSA) is 82.3 Å². The van der Waals surface area contributed by atoms with Crippen LogP contribution in [0.25, 0.3) is 0 Å². The number of rotatable bonds is 10. The Morgan fingerprint density at radius 1 is 1.23 bits per heavy atom. The molecule has 1 amide bonds. The number of ether oxygens (including phenoxy) is 1. The Bertz CT molecular complexity index is 774. The van der Waals surface area contributed by atoms with Crippen molar-refractivity contribution in [1.82, 2.24) is 19.7 Å². The minimum absolute atomic E-state index is 0.124. The minimum Gasteiger partial charge on any atom is -0.447 e. The highest BCUT2D eigenvalue weighted by Gasteiger charge is 2.22. The molecule has 8 nitrogen and oxygen atoms in total. The molecule has 1 aromatic heterocycles. The van der Waals surface area contributed by atoms with Crippen LogP contribution in [0.5, 0.6) is 0 Å². The van der Waals surface area contributed by atoms with Gasteiger partial charge in [0, 0.05) is 46.3 Å². The zero-order valence-electron chi connectivity index (χ0n) is 17.9. The summed E-state index contributed by atoms with van der Waals surface area (Å²) in [6.07, 6.45) is 0.933. The molecule has 0 aliphatic carbocycles. The van der Waals surface area contributed by atoms with Gasteiger partial charge in [0.15, 0.2) is 5.69 Å². The Morgan fingerprint density at radius 2 is 1.93 bits per heavy atom. The molecule has 1 fully saturated rings. The fourth-order valence-electron chi connectivity index (χ4n) is 3.38. The molecule has 2 aromatic rings. The Labute approximate surface area is 178 Å². The van der Waals surface area contributed by atoms with Gasteiger partial charge in [-0.2, -0.15) is 0 Å². The van der Waals surface area contributed by atoms with Gasteiger partial charge in [-0.25, -0.2) is 4.98 Å². The van der Waals surface area contributed by atoms with Gasteiger partial charge in [0.25, 0.3) is 5.91 Å². The molecule has 2 heterocycles. The van der Waals surface area contributed by atoms with E-state index in [1.54, 1.807) is 11.9 Å². The summed E-state index contributed by atoms with van der Waals surface area (Å²) in [5, 5.41) is 10.3. The summed E-state index contributed by atoms with van der Waals surface area (Å²) in [5.41, 5.74) is 1.46. The SMILES string of the molecule is CCN(C)C(=O)c1coc(CN2CCN(CC(O)COCc3ccccc3)CC2)n1. The number of nitrogens with zero attached hydrogens (tertiary/aromatic N) is 4. The second-order valence-electron chi connectivity index (χ2n) is 7.68. The number of aromatic nitrogens is 1. The summed E-state index contributed by atoms with van der Waals surface area (Å²) >= 11 is 0. The third-order valence-electron chi connectivity index (χ3n) is 5.31. The van der Waals surface area contributed by atoms with Crippen LogP contribution in [0.15, 0.2) is 41.0 Å². The van der Waals surface area contributed by atoms with E-state index >= 15 is 0 Å². The van der Waals surface area contributed by atoms with E-state index in [1.807, 2.05) is 37.3 Å². The van der Waals surface area contributed by atoms with E-state index in [2.05, 4.69) is 14.8 Å². The maximum atomic E-state index is 12.1. The molecule has 3 rings (SSSR count). The number of aliphatic hydroxyl groups excluding tert-OH is 1. The summed E-state index contributed by atoms with van der Waals surface area (Å²) in [4.78, 5) is 22.6. The molecule has 1 aromatic carbocycles. The second kappa shape index (κ2) is 11.2. The van der Waals surface area contributed by atoms with Crippen molar-refractivity contribution in [3.05, 3.63) is 53.7 Å². The normalized spacial score (nSPS) is 16.5. The molecule has 1 saturated heterocycles. The van der Waals surface area contributed by atoms with Gasteiger partial charge in [0.2, 0.25) is 5.89 Å². The van der Waals surface area contributed by atoms with Crippen molar-refractivity contribution in [2.24, 2.45) is 0 Å². The fourth-order valence-corrected chi connectivity index (χ4v) is 3.38. The average Bonchev–Trinajstić information content (AvgIpc) is 3.23. The van der Waals surface area contributed by atoms with Crippen molar-refractivity contribution in [3.8, 4) is 0 Å². The molecule has 164 valence electrons. The summed E-state index contributed by atoms with van der Waals surface area (Å²) in [6, 6.07) is 9.97. The van der Waals surface area contributed by atoms with E-state index in [0.717, 1.165) is 31.7 Å². The number of aliphatic hydroxyl groups is 1. The predicted octanol–water partition coefficient (Wildman–Crippen LogP) is 1.46. The Kier molecular flexibility index (Phi) is 8.39. The molecule has 30 heavy (non-hydrogen) atoms. The first-order valence-electron chi connectivity index (χ1n) is 10.5. The summed E-state index contributed by atoms with van der Waals surface area (Å²) in [6.45, 7) is 8.02. The smallest absolute Gasteiger partial charge is 0.275 e. The van der Waals surface area contributed by atoms with Crippen LogP contribution in [0.1, 0.15) is 28.9 Å². The largest absolute Gasteiger partial charge is 0.447 e. The lowest BCUT2D eigenvalue weighted by atomic mass is 10.2. The van der Waals surface area contributed by atoms with Gasteiger partial charge in [-0.15, -0.1) is 0 Å². The third kappa shape index (κ3) is 6.63. The highest BCUT2D eigenvalue weighted by atomic mass is 16.5. The molecule has 1 aliphatic rings. The van der Waals surface area contributed by atoms with E-state index in [1.165, 1.54) is 6.26 Å². The number of oxazole rings is 1. The number of benzene rings is 1. The molecule has 0 bridgehead atoms. The first-order valence-corrected chi connectivity index (χ1v) is 10.5. The molecule has 1 atom stereocenters. The van der Waals surface area contributed by atoms with Crippen LogP contribution in [0.2, 0.25) is 0 Å². The number of carbonyl (C=O) groups excluding carboxylic acids is 1. The molecule has 8 heteroatoms. The van der Waals surface area contributed by atoms with E-state index in [4.69, 9.17) is 9.15 Å². The molecule has 0 spiro atoms. The van der Waals surface area contributed by atoms with Gasteiger partial charge < -0.3 is 19.2 Å². The number of hydrogen-bond acceptors (Lipinski definition) is 7. The molecule has 0 radical (unpaired) electrons. The monoisotopic (exact) mass is 416 g/mol. The first-order chi connectivity index (χ1) is 14.5. The zero-order valence-corrected chi connectivity index (χ0v) is 17.9. The highest BCUT2D eigenvalue weighted by molar-refractivity contribution is 5.91. The molecule has 1 aliphatic heterocycles. The van der Waals surface area contributed by atoms with Crippen LogP contribution in [-0.4, -0.2) is 89.7 Å². The Morgan fingerprint density at radius 3 is 2.63 bits per heavy atom. The van der Waals surface area contributed by atoms with E-state index in [0.29, 0.717) is 44.4 Å². The third-order valence-corrected chi connectivity index (χ3v) is 5.31. The fraction of sp³-hybridized carbons (Fsp3) is 0.545. The second-order valence-corrected chi connectivity index (χ2v) is 7.68. The summed E-state index contributed by atoms with van der Waals surface area (Å²) in [5.74, 6) is 0.437. The van der Waals surface area contributed by atoms with Gasteiger partial charge in [-0.05, 0) is 12.5 Å². The molecule has 1 N–H and O–H groups in total. The minimum atomic E-state index is -0.504. The van der Waals surface area contributed by atoms with E-state index < -0.39 is 6.10 Å². The maximum Gasteiger partial charge on any atom is 0.275 e. The van der Waals surface area contributed by atoms with Crippen molar-refractivity contribution < 1.29 is 19.1 Å². The average molecular weight is 417 g/mol. The predicted molar refractivity (Wildman–Crippen MR) is 113 cm³/mol. The quantitative estimate of drug-likeness (QED) is 0.628. The Balaban J connectivity index is 1.34. The van der Waals surface area contributed by atoms with Crippen molar-refractivity contribution >= 4 is 5.91 Å². The van der Waals surface area contributed by atoms with Crippen LogP contribution in [-0.2, 0) is 17.9 Å². The van der Waals surface area contributed by atoms with Crippen molar-refractivity contribution in [2.75, 3.05) is 52.9 Å². The van der Waals surface area contributed by atoms with Crippen LogP contribution < -0.4 is 0 Å². The lowest BCUT2D eigenvalue weighted by Crippen LogP contribution is -2.48. The van der Waals surface area contributed by atoms with Crippen LogP contribution in [0.3, 0.4) is 0 Å². The summed E-state index contributed by atoms with van der Waals surface area (Å²) < 4.78 is 11.1. The number of β-amino-alcohol motifs (C(OH)–C–C–N with tert-alkyl or cyclic N) is 1. The van der Waals surface area contributed by atoms with Crippen molar-refractivity contribution in [1.29, 1.82) is 0 Å². The Hall–Kier alpha value is -2.26. The van der Waals surface area contributed by atoms with Gasteiger partial charge in [-0.1, -0.05) is 30.3 Å². The van der Waals surface area contributed by atoms with Crippen molar-refractivity contribution in [2.45, 2.75) is 26.2 Å². The van der Waals surface area contributed by atoms with Crippen LogP contribution >= 0.6 is 0 Å².